The van der Waals surface area contributed by atoms with Crippen LogP contribution in [0, 0.1) is 5.82 Å². The van der Waals surface area contributed by atoms with Crippen LogP contribution in [0.2, 0.25) is 0 Å². The maximum Gasteiger partial charge on any atom is 0.171 e. The number of aromatic nitrogens is 5. The Labute approximate surface area is 164 Å². The van der Waals surface area contributed by atoms with Gasteiger partial charge in [-0.3, -0.25) is 9.08 Å². The number of benzene rings is 1. The van der Waals surface area contributed by atoms with E-state index >= 15 is 0 Å². The molecule has 2 aliphatic rings. The van der Waals surface area contributed by atoms with Crippen molar-refractivity contribution in [2.75, 3.05) is 18.5 Å². The number of nitrogens with zero attached hydrogens (tertiary/aromatic N) is 5. The maximum absolute atomic E-state index is 14.6. The summed E-state index contributed by atoms with van der Waals surface area (Å²) in [5, 5.41) is 16.2. The van der Waals surface area contributed by atoms with Gasteiger partial charge in [0.2, 0.25) is 0 Å². The number of fused-ring (bicyclic) bond motifs is 3. The van der Waals surface area contributed by atoms with Crippen LogP contribution in [0.25, 0.3) is 16.9 Å². The molecule has 0 saturated carbocycles. The lowest BCUT2D eigenvalue weighted by Crippen LogP contribution is -2.13. The predicted molar refractivity (Wildman–Crippen MR) is 103 cm³/mol. The minimum Gasteiger partial charge on any atom is -0.493 e. The van der Waals surface area contributed by atoms with Gasteiger partial charge in [0.25, 0.3) is 0 Å². The van der Waals surface area contributed by atoms with Crippen molar-refractivity contribution in [3.63, 3.8) is 0 Å². The molecule has 0 amide bonds. The number of anilines is 1. The lowest BCUT2D eigenvalue weighted by atomic mass is 9.96. The van der Waals surface area contributed by atoms with Crippen LogP contribution in [0.3, 0.4) is 0 Å². The summed E-state index contributed by atoms with van der Waals surface area (Å²) in [4.78, 5) is 0. The van der Waals surface area contributed by atoms with Crippen molar-refractivity contribution in [1.82, 2.24) is 24.4 Å². The van der Waals surface area contributed by atoms with Crippen LogP contribution in [0.4, 0.5) is 10.2 Å². The molecule has 0 unspecified atom stereocenters. The van der Waals surface area contributed by atoms with E-state index in [0.717, 1.165) is 22.6 Å². The highest BCUT2D eigenvalue weighted by Gasteiger charge is 2.31. The molecule has 8 nitrogen and oxygen atoms in total. The van der Waals surface area contributed by atoms with Gasteiger partial charge in [0.05, 0.1) is 30.4 Å². The molecule has 1 aromatic carbocycles. The summed E-state index contributed by atoms with van der Waals surface area (Å²) >= 11 is 0. The van der Waals surface area contributed by atoms with Crippen LogP contribution in [-0.4, -0.2) is 37.6 Å². The standard InChI is InChI=1S/C20H17FN6O2/c1-26-5-4-15(25-26)12-6-17-20(27-10-23-24-19(12)27)22-7-13-14(21)2-3-16-18(13)11(8-28-16)9-29-17/h2-6,10-11,22H,7-9H2,1H3/t11-/m1/s1. The van der Waals surface area contributed by atoms with Crippen molar-refractivity contribution in [3.05, 3.63) is 53.7 Å². The minimum absolute atomic E-state index is 0.0293. The van der Waals surface area contributed by atoms with Crippen molar-refractivity contribution in [2.24, 2.45) is 7.05 Å². The van der Waals surface area contributed by atoms with Gasteiger partial charge in [0.15, 0.2) is 17.2 Å². The van der Waals surface area contributed by atoms with Gasteiger partial charge in [-0.15, -0.1) is 10.2 Å². The third kappa shape index (κ3) is 2.40. The normalized spacial score (nSPS) is 17.4. The molecule has 0 bridgehead atoms. The van der Waals surface area contributed by atoms with Crippen molar-refractivity contribution in [3.8, 4) is 22.8 Å². The molecule has 3 aromatic heterocycles. The molecule has 0 saturated heterocycles. The molecule has 1 atom stereocenters. The first-order valence-corrected chi connectivity index (χ1v) is 9.36. The van der Waals surface area contributed by atoms with Crippen molar-refractivity contribution >= 4 is 11.5 Å². The number of aryl methyl sites for hydroxylation is 1. The zero-order valence-corrected chi connectivity index (χ0v) is 15.6. The summed E-state index contributed by atoms with van der Waals surface area (Å²) in [6.45, 7) is 1.16. The van der Waals surface area contributed by atoms with E-state index in [0.29, 0.717) is 42.5 Å². The smallest absolute Gasteiger partial charge is 0.171 e. The molecule has 146 valence electrons. The summed E-state index contributed by atoms with van der Waals surface area (Å²) in [5.74, 6) is 1.77. The van der Waals surface area contributed by atoms with Gasteiger partial charge in [-0.05, 0) is 24.3 Å². The van der Waals surface area contributed by atoms with Gasteiger partial charge < -0.3 is 14.8 Å². The van der Waals surface area contributed by atoms with Crippen LogP contribution in [0.5, 0.6) is 11.5 Å². The Morgan fingerprint density at radius 1 is 1.17 bits per heavy atom. The van der Waals surface area contributed by atoms with Crippen LogP contribution in [0.15, 0.2) is 36.8 Å². The Bertz CT molecular complexity index is 1260. The van der Waals surface area contributed by atoms with Crippen LogP contribution < -0.4 is 14.8 Å². The fourth-order valence-electron chi connectivity index (χ4n) is 4.13. The van der Waals surface area contributed by atoms with Crippen LogP contribution in [0.1, 0.15) is 17.0 Å². The second-order valence-corrected chi connectivity index (χ2v) is 7.28. The average molecular weight is 392 g/mol. The first-order valence-electron chi connectivity index (χ1n) is 9.36. The molecule has 29 heavy (non-hydrogen) atoms. The molecule has 6 rings (SSSR count). The number of hydrogen-bond acceptors (Lipinski definition) is 6. The molecule has 5 heterocycles. The third-order valence-electron chi connectivity index (χ3n) is 5.51. The highest BCUT2D eigenvalue weighted by atomic mass is 19.1. The molecule has 0 radical (unpaired) electrons. The molecule has 4 aromatic rings. The lowest BCUT2D eigenvalue weighted by Gasteiger charge is -2.16. The Morgan fingerprint density at radius 2 is 2.03 bits per heavy atom. The third-order valence-corrected chi connectivity index (χ3v) is 5.51. The predicted octanol–water partition coefficient (Wildman–Crippen LogP) is 2.75. The van der Waals surface area contributed by atoms with Crippen molar-refractivity contribution in [1.29, 1.82) is 0 Å². The zero-order valence-electron chi connectivity index (χ0n) is 15.6. The topological polar surface area (TPSA) is 78.5 Å². The second-order valence-electron chi connectivity index (χ2n) is 7.28. The number of pyridine rings is 1. The molecule has 2 aliphatic heterocycles. The molecule has 1 N–H and O–H groups in total. The molecular weight excluding hydrogens is 375 g/mol. The van der Waals surface area contributed by atoms with E-state index in [2.05, 4.69) is 20.6 Å². The molecular formula is C20H17FN6O2. The van der Waals surface area contributed by atoms with Gasteiger partial charge >= 0.3 is 0 Å². The van der Waals surface area contributed by atoms with E-state index in [1.165, 1.54) is 6.07 Å². The molecule has 0 fully saturated rings. The van der Waals surface area contributed by atoms with Gasteiger partial charge in [-0.1, -0.05) is 0 Å². The van der Waals surface area contributed by atoms with Crippen molar-refractivity contribution < 1.29 is 13.9 Å². The Kier molecular flexibility index (Phi) is 3.35. The number of ether oxygens (including phenoxy) is 2. The van der Waals surface area contributed by atoms with E-state index in [9.17, 15) is 4.39 Å². The Hall–Kier alpha value is -3.62. The van der Waals surface area contributed by atoms with Gasteiger partial charge in [-0.2, -0.15) is 5.10 Å². The number of halogens is 1. The molecule has 0 spiro atoms. The summed E-state index contributed by atoms with van der Waals surface area (Å²) in [6.07, 6.45) is 3.49. The Morgan fingerprint density at radius 3 is 2.86 bits per heavy atom. The quantitative estimate of drug-likeness (QED) is 0.537. The summed E-state index contributed by atoms with van der Waals surface area (Å²) in [6, 6.07) is 6.98. The fourth-order valence-corrected chi connectivity index (χ4v) is 4.13. The monoisotopic (exact) mass is 392 g/mol. The summed E-state index contributed by atoms with van der Waals surface area (Å²) in [7, 11) is 1.86. The molecule has 0 aliphatic carbocycles. The van der Waals surface area contributed by atoms with Crippen LogP contribution >= 0.6 is 0 Å². The highest BCUT2D eigenvalue weighted by molar-refractivity contribution is 5.80. The number of nitrogens with one attached hydrogen (secondary N) is 1. The summed E-state index contributed by atoms with van der Waals surface area (Å²) in [5.41, 5.74) is 3.73. The van der Waals surface area contributed by atoms with E-state index < -0.39 is 0 Å². The first kappa shape index (κ1) is 16.3. The van der Waals surface area contributed by atoms with Gasteiger partial charge in [0, 0.05) is 30.9 Å². The lowest BCUT2D eigenvalue weighted by molar-refractivity contribution is 0.249. The van der Waals surface area contributed by atoms with E-state index in [-0.39, 0.29) is 11.7 Å². The highest BCUT2D eigenvalue weighted by Crippen LogP contribution is 2.41. The zero-order chi connectivity index (χ0) is 19.5. The van der Waals surface area contributed by atoms with E-state index in [4.69, 9.17) is 9.47 Å². The van der Waals surface area contributed by atoms with E-state index in [1.807, 2.05) is 29.8 Å². The number of rotatable bonds is 1. The summed E-state index contributed by atoms with van der Waals surface area (Å²) < 4.78 is 30.2. The SMILES string of the molecule is Cn1ccc(-c2cc3c(n4cnnc24)NCc2c(F)ccc4c2[C@H](CO4)CO3)n1. The first-order chi connectivity index (χ1) is 14.2. The van der Waals surface area contributed by atoms with E-state index in [1.54, 1.807) is 17.1 Å². The van der Waals surface area contributed by atoms with Gasteiger partial charge in [-0.25, -0.2) is 4.39 Å². The Balaban J connectivity index is 1.52. The number of hydrogen-bond donors (Lipinski definition) is 1. The fraction of sp³-hybridized carbons (Fsp3) is 0.250. The molecule has 9 heteroatoms. The maximum atomic E-state index is 14.6. The van der Waals surface area contributed by atoms with Crippen LogP contribution in [-0.2, 0) is 13.6 Å². The minimum atomic E-state index is -0.250. The van der Waals surface area contributed by atoms with Crippen molar-refractivity contribution in [2.45, 2.75) is 12.5 Å². The second kappa shape index (κ2) is 5.94. The largest absolute Gasteiger partial charge is 0.493 e. The van der Waals surface area contributed by atoms with Gasteiger partial charge in [0.1, 0.15) is 17.9 Å². The average Bonchev–Trinajstić information content (AvgIpc) is 3.45.